The highest BCUT2D eigenvalue weighted by Crippen LogP contribution is 2.15. The second-order valence-corrected chi connectivity index (χ2v) is 4.64. The lowest BCUT2D eigenvalue weighted by atomic mass is 10.3. The van der Waals surface area contributed by atoms with Crippen LogP contribution in [0.5, 0.6) is 0 Å². The number of aromatic nitrogens is 2. The van der Waals surface area contributed by atoms with Crippen molar-refractivity contribution in [3.8, 4) is 0 Å². The first-order valence-corrected chi connectivity index (χ1v) is 6.95. The fourth-order valence-electron chi connectivity index (χ4n) is 1.41. The van der Waals surface area contributed by atoms with Crippen LogP contribution in [0.25, 0.3) is 0 Å². The van der Waals surface area contributed by atoms with Gasteiger partial charge in [-0.25, -0.2) is 4.98 Å². The molecule has 0 saturated heterocycles. The molecule has 0 aromatic carbocycles. The molecule has 0 amide bonds. The fourth-order valence-corrected chi connectivity index (χ4v) is 2.07. The maximum absolute atomic E-state index is 11.3. The highest BCUT2D eigenvalue weighted by atomic mass is 32.1. The summed E-state index contributed by atoms with van der Waals surface area (Å²) in [5.41, 5.74) is 4.38. The Morgan fingerprint density at radius 1 is 1.60 bits per heavy atom. The summed E-state index contributed by atoms with van der Waals surface area (Å²) in [6.07, 6.45) is 5.24. The van der Waals surface area contributed by atoms with Crippen LogP contribution in [0.2, 0.25) is 0 Å². The van der Waals surface area contributed by atoms with E-state index in [2.05, 4.69) is 20.5 Å². The summed E-state index contributed by atoms with van der Waals surface area (Å²) in [7, 11) is 0. The van der Waals surface area contributed by atoms with E-state index in [9.17, 15) is 4.79 Å². The van der Waals surface area contributed by atoms with E-state index in [1.807, 2.05) is 12.1 Å². The number of nitrogens with zero attached hydrogens (tertiary/aromatic N) is 3. The van der Waals surface area contributed by atoms with Crippen molar-refractivity contribution in [2.75, 3.05) is 12.0 Å². The van der Waals surface area contributed by atoms with Crippen LogP contribution in [0.4, 0.5) is 5.13 Å². The number of anilines is 1. The Kier molecular flexibility index (Phi) is 5.19. The van der Waals surface area contributed by atoms with E-state index in [-0.39, 0.29) is 12.4 Å². The van der Waals surface area contributed by atoms with Crippen molar-refractivity contribution in [1.29, 1.82) is 0 Å². The Balaban J connectivity index is 1.87. The molecular formula is C13H14N4O2S. The van der Waals surface area contributed by atoms with E-state index in [1.165, 1.54) is 11.3 Å². The number of hydrazone groups is 1. The van der Waals surface area contributed by atoms with Crippen LogP contribution in [-0.2, 0) is 16.0 Å². The SMILES string of the molecule is CCOC(=O)Cc1csc(NN=Cc2cccnc2)n1. The lowest BCUT2D eigenvalue weighted by molar-refractivity contribution is -0.142. The van der Waals surface area contributed by atoms with Crippen LogP contribution in [0, 0.1) is 0 Å². The maximum atomic E-state index is 11.3. The molecule has 0 unspecified atom stereocenters. The van der Waals surface area contributed by atoms with Gasteiger partial charge in [0.1, 0.15) is 0 Å². The number of thiazole rings is 1. The van der Waals surface area contributed by atoms with Gasteiger partial charge < -0.3 is 4.74 Å². The molecule has 0 spiro atoms. The van der Waals surface area contributed by atoms with Crippen molar-refractivity contribution >= 4 is 28.7 Å². The average molecular weight is 290 g/mol. The van der Waals surface area contributed by atoms with Gasteiger partial charge >= 0.3 is 5.97 Å². The molecule has 2 heterocycles. The summed E-state index contributed by atoms with van der Waals surface area (Å²) < 4.78 is 4.86. The first-order valence-electron chi connectivity index (χ1n) is 6.07. The summed E-state index contributed by atoms with van der Waals surface area (Å²) in [6.45, 7) is 2.16. The molecule has 0 atom stereocenters. The van der Waals surface area contributed by atoms with E-state index in [4.69, 9.17) is 4.74 Å². The van der Waals surface area contributed by atoms with Gasteiger partial charge in [-0.1, -0.05) is 6.07 Å². The number of hydrogen-bond donors (Lipinski definition) is 1. The van der Waals surface area contributed by atoms with E-state index in [0.29, 0.717) is 17.4 Å². The van der Waals surface area contributed by atoms with Crippen LogP contribution < -0.4 is 5.43 Å². The normalized spacial score (nSPS) is 10.7. The van der Waals surface area contributed by atoms with E-state index < -0.39 is 0 Å². The number of carbonyl (C=O) groups excluding carboxylic acids is 1. The predicted octanol–water partition coefficient (Wildman–Crippen LogP) is 2.09. The minimum Gasteiger partial charge on any atom is -0.466 e. The minimum atomic E-state index is -0.275. The molecule has 7 heteroatoms. The van der Waals surface area contributed by atoms with E-state index >= 15 is 0 Å². The molecule has 20 heavy (non-hydrogen) atoms. The van der Waals surface area contributed by atoms with Crippen molar-refractivity contribution in [2.45, 2.75) is 13.3 Å². The van der Waals surface area contributed by atoms with Crippen LogP contribution >= 0.6 is 11.3 Å². The second-order valence-electron chi connectivity index (χ2n) is 3.78. The van der Waals surface area contributed by atoms with Crippen molar-refractivity contribution in [3.63, 3.8) is 0 Å². The highest BCUT2D eigenvalue weighted by Gasteiger charge is 2.07. The van der Waals surface area contributed by atoms with Crippen molar-refractivity contribution in [3.05, 3.63) is 41.2 Å². The Bertz CT molecular complexity index is 583. The third-order valence-electron chi connectivity index (χ3n) is 2.24. The van der Waals surface area contributed by atoms with Gasteiger partial charge in [-0.15, -0.1) is 11.3 Å². The quantitative estimate of drug-likeness (QED) is 0.501. The molecule has 2 rings (SSSR count). The van der Waals surface area contributed by atoms with Gasteiger partial charge in [0.15, 0.2) is 0 Å². The van der Waals surface area contributed by atoms with Crippen molar-refractivity contribution in [2.24, 2.45) is 5.10 Å². The van der Waals surface area contributed by atoms with Crippen LogP contribution in [0.15, 0.2) is 35.0 Å². The number of ether oxygens (including phenoxy) is 1. The number of esters is 1. The first-order chi connectivity index (χ1) is 9.78. The van der Waals surface area contributed by atoms with Gasteiger partial charge in [0, 0.05) is 23.3 Å². The smallest absolute Gasteiger partial charge is 0.311 e. The summed E-state index contributed by atoms with van der Waals surface area (Å²) in [4.78, 5) is 19.5. The zero-order chi connectivity index (χ0) is 14.2. The zero-order valence-electron chi connectivity index (χ0n) is 10.9. The van der Waals surface area contributed by atoms with Crippen molar-refractivity contribution < 1.29 is 9.53 Å². The standard InChI is InChI=1S/C13H14N4O2S/c1-2-19-12(18)6-11-9-20-13(16-11)17-15-8-10-4-3-5-14-7-10/h3-5,7-9H,2,6H2,1H3,(H,16,17). The Morgan fingerprint density at radius 2 is 2.50 bits per heavy atom. The monoisotopic (exact) mass is 290 g/mol. The average Bonchev–Trinajstić information content (AvgIpc) is 2.88. The number of hydrogen-bond acceptors (Lipinski definition) is 7. The summed E-state index contributed by atoms with van der Waals surface area (Å²) in [5.74, 6) is -0.275. The molecule has 2 aromatic rings. The third-order valence-corrected chi connectivity index (χ3v) is 3.04. The Morgan fingerprint density at radius 3 is 3.25 bits per heavy atom. The van der Waals surface area contributed by atoms with Crippen LogP contribution in [0.3, 0.4) is 0 Å². The predicted molar refractivity (Wildman–Crippen MR) is 77.9 cm³/mol. The largest absolute Gasteiger partial charge is 0.466 e. The molecule has 104 valence electrons. The van der Waals surface area contributed by atoms with E-state index in [1.54, 1.807) is 30.9 Å². The molecule has 1 N–H and O–H groups in total. The van der Waals surface area contributed by atoms with E-state index in [0.717, 1.165) is 5.56 Å². The van der Waals surface area contributed by atoms with Gasteiger partial charge in [-0.05, 0) is 13.0 Å². The molecular weight excluding hydrogens is 276 g/mol. The van der Waals surface area contributed by atoms with Crippen LogP contribution in [-0.4, -0.2) is 28.8 Å². The number of rotatable bonds is 6. The van der Waals surface area contributed by atoms with Crippen molar-refractivity contribution in [1.82, 2.24) is 9.97 Å². The summed E-state index contributed by atoms with van der Waals surface area (Å²) >= 11 is 1.39. The number of pyridine rings is 1. The summed E-state index contributed by atoms with van der Waals surface area (Å²) in [5, 5.41) is 6.49. The Hall–Kier alpha value is -2.28. The molecule has 0 radical (unpaired) electrons. The molecule has 6 nitrogen and oxygen atoms in total. The molecule has 0 saturated carbocycles. The summed E-state index contributed by atoms with van der Waals surface area (Å²) in [6, 6.07) is 3.73. The highest BCUT2D eigenvalue weighted by molar-refractivity contribution is 7.13. The zero-order valence-corrected chi connectivity index (χ0v) is 11.8. The Labute approximate surface area is 120 Å². The molecule has 0 bridgehead atoms. The van der Waals surface area contributed by atoms with Crippen LogP contribution in [0.1, 0.15) is 18.2 Å². The molecule has 0 aliphatic carbocycles. The van der Waals surface area contributed by atoms with Gasteiger partial charge in [0.05, 0.1) is 24.9 Å². The van der Waals surface area contributed by atoms with Gasteiger partial charge in [-0.3, -0.25) is 15.2 Å². The lowest BCUT2D eigenvalue weighted by Gasteiger charge is -1.98. The molecule has 0 aliphatic rings. The lowest BCUT2D eigenvalue weighted by Crippen LogP contribution is -2.07. The molecule has 0 fully saturated rings. The topological polar surface area (TPSA) is 76.5 Å². The number of carbonyl (C=O) groups is 1. The van der Waals surface area contributed by atoms with Gasteiger partial charge in [0.2, 0.25) is 5.13 Å². The van der Waals surface area contributed by atoms with Gasteiger partial charge in [-0.2, -0.15) is 5.10 Å². The fraction of sp³-hybridized carbons (Fsp3) is 0.231. The number of nitrogens with one attached hydrogen (secondary N) is 1. The molecule has 0 aliphatic heterocycles. The second kappa shape index (κ2) is 7.34. The first kappa shape index (κ1) is 14.1. The van der Waals surface area contributed by atoms with Gasteiger partial charge in [0.25, 0.3) is 0 Å². The third kappa shape index (κ3) is 4.43. The molecule has 2 aromatic heterocycles. The maximum Gasteiger partial charge on any atom is 0.311 e. The minimum absolute atomic E-state index is 0.179.